The molecular weight excluding hydrogens is 268 g/mol. The Morgan fingerprint density at radius 1 is 1.43 bits per heavy atom. The van der Waals surface area contributed by atoms with Crippen LogP contribution in [-0.2, 0) is 9.53 Å². The molecule has 1 N–H and O–H groups in total. The Kier molecular flexibility index (Phi) is 5.17. The normalized spacial score (nSPS) is 17.1. The lowest BCUT2D eigenvalue weighted by molar-refractivity contribution is -0.141. The predicted octanol–water partition coefficient (Wildman–Crippen LogP) is 3.01. The van der Waals surface area contributed by atoms with Gasteiger partial charge in [-0.15, -0.1) is 0 Å². The fourth-order valence-electron chi connectivity index (χ4n) is 2.30. The zero-order valence-electron chi connectivity index (χ0n) is 13.0. The van der Waals surface area contributed by atoms with E-state index in [-0.39, 0.29) is 5.91 Å². The third-order valence-corrected chi connectivity index (χ3v) is 3.70. The molecule has 21 heavy (non-hydrogen) atoms. The van der Waals surface area contributed by atoms with Crippen LogP contribution in [0.1, 0.15) is 40.0 Å². The van der Waals surface area contributed by atoms with Gasteiger partial charge in [-0.25, -0.2) is 4.98 Å². The highest BCUT2D eigenvalue weighted by Gasteiger charge is 2.48. The molecule has 0 aliphatic heterocycles. The van der Waals surface area contributed by atoms with E-state index in [4.69, 9.17) is 9.47 Å². The van der Waals surface area contributed by atoms with E-state index in [1.54, 1.807) is 18.3 Å². The average Bonchev–Trinajstić information content (AvgIpc) is 3.31. The molecule has 1 aromatic rings. The van der Waals surface area contributed by atoms with Crippen molar-refractivity contribution in [3.8, 4) is 5.88 Å². The van der Waals surface area contributed by atoms with E-state index in [0.717, 1.165) is 19.3 Å². The third kappa shape index (κ3) is 3.94. The molecule has 2 rings (SSSR count). The van der Waals surface area contributed by atoms with E-state index in [1.165, 1.54) is 0 Å². The summed E-state index contributed by atoms with van der Waals surface area (Å²) in [6, 6.07) is 3.57. The Labute approximate surface area is 126 Å². The van der Waals surface area contributed by atoms with Gasteiger partial charge in [-0.1, -0.05) is 6.92 Å². The van der Waals surface area contributed by atoms with E-state index in [1.807, 2.05) is 20.8 Å². The minimum absolute atomic E-state index is 0.101. The van der Waals surface area contributed by atoms with Gasteiger partial charge in [0.05, 0.1) is 18.5 Å². The van der Waals surface area contributed by atoms with Gasteiger partial charge < -0.3 is 14.8 Å². The zero-order valence-corrected chi connectivity index (χ0v) is 13.0. The van der Waals surface area contributed by atoms with Crippen molar-refractivity contribution >= 4 is 11.6 Å². The summed E-state index contributed by atoms with van der Waals surface area (Å²) in [6.45, 7) is 7.00. The summed E-state index contributed by atoms with van der Waals surface area (Å²) in [6.07, 6.45) is 4.65. The molecule has 1 aromatic heterocycles. The lowest BCUT2D eigenvalue weighted by Crippen LogP contribution is -2.44. The fourth-order valence-corrected chi connectivity index (χ4v) is 2.30. The second-order valence-electron chi connectivity index (χ2n) is 5.50. The van der Waals surface area contributed by atoms with Gasteiger partial charge in [0.1, 0.15) is 5.60 Å². The van der Waals surface area contributed by atoms with Crippen LogP contribution in [0.15, 0.2) is 18.3 Å². The number of nitrogens with one attached hydrogen (secondary N) is 1. The van der Waals surface area contributed by atoms with Crippen LogP contribution in [0.2, 0.25) is 0 Å². The van der Waals surface area contributed by atoms with Gasteiger partial charge in [-0.3, -0.25) is 4.79 Å². The van der Waals surface area contributed by atoms with Crippen molar-refractivity contribution in [1.82, 2.24) is 4.98 Å². The minimum Gasteiger partial charge on any atom is -0.478 e. The molecule has 116 valence electrons. The zero-order chi connectivity index (χ0) is 15.3. The molecule has 0 bridgehead atoms. The van der Waals surface area contributed by atoms with Crippen molar-refractivity contribution in [2.45, 2.75) is 45.6 Å². The Bertz CT molecular complexity index is 471. The lowest BCUT2D eigenvalue weighted by atomic mass is 9.99. The number of pyridine rings is 1. The highest BCUT2D eigenvalue weighted by atomic mass is 16.5. The van der Waals surface area contributed by atoms with Crippen LogP contribution in [0.5, 0.6) is 5.88 Å². The number of rotatable bonds is 8. The highest BCUT2D eigenvalue weighted by Crippen LogP contribution is 2.42. The molecule has 5 heteroatoms. The molecule has 1 saturated carbocycles. The second kappa shape index (κ2) is 6.89. The van der Waals surface area contributed by atoms with Crippen molar-refractivity contribution in [2.75, 3.05) is 18.5 Å². The number of carbonyl (C=O) groups is 1. The molecule has 1 fully saturated rings. The summed E-state index contributed by atoms with van der Waals surface area (Å²) in [5, 5.41) is 2.89. The molecule has 0 aromatic carbocycles. The van der Waals surface area contributed by atoms with Crippen LogP contribution in [0, 0.1) is 5.92 Å². The van der Waals surface area contributed by atoms with E-state index in [2.05, 4.69) is 10.3 Å². The maximum absolute atomic E-state index is 12.5. The Morgan fingerprint density at radius 2 is 2.19 bits per heavy atom. The molecule has 0 radical (unpaired) electrons. The standard InChI is InChI=1S/C16H24N2O3/c1-4-10-20-14-9-8-13(11-17-14)18-15(19)16(3,21-5-2)12-6-7-12/h8-9,11-12H,4-7,10H2,1-3H3,(H,18,19)/t16-/m1/s1. The Morgan fingerprint density at radius 3 is 2.71 bits per heavy atom. The number of amides is 1. The summed E-state index contributed by atoms with van der Waals surface area (Å²) in [5.41, 5.74) is -0.0815. The Hall–Kier alpha value is -1.62. The first kappa shape index (κ1) is 15.8. The molecule has 1 heterocycles. The predicted molar refractivity (Wildman–Crippen MR) is 81.4 cm³/mol. The van der Waals surface area contributed by atoms with Crippen LogP contribution in [0.4, 0.5) is 5.69 Å². The quantitative estimate of drug-likeness (QED) is 0.800. The smallest absolute Gasteiger partial charge is 0.256 e. The number of nitrogens with zero attached hydrogens (tertiary/aromatic N) is 1. The van der Waals surface area contributed by atoms with Crippen molar-refractivity contribution in [3.05, 3.63) is 18.3 Å². The molecule has 5 nitrogen and oxygen atoms in total. The van der Waals surface area contributed by atoms with E-state index >= 15 is 0 Å². The van der Waals surface area contributed by atoms with Gasteiger partial charge in [0.15, 0.2) is 0 Å². The van der Waals surface area contributed by atoms with Gasteiger partial charge in [0.2, 0.25) is 5.88 Å². The number of ether oxygens (including phenoxy) is 2. The Balaban J connectivity index is 1.98. The molecule has 1 aliphatic rings. The molecule has 1 atom stereocenters. The highest BCUT2D eigenvalue weighted by molar-refractivity contribution is 5.97. The monoisotopic (exact) mass is 292 g/mol. The topological polar surface area (TPSA) is 60.5 Å². The van der Waals surface area contributed by atoms with Crippen LogP contribution in [0.25, 0.3) is 0 Å². The van der Waals surface area contributed by atoms with Crippen LogP contribution >= 0.6 is 0 Å². The summed E-state index contributed by atoms with van der Waals surface area (Å²) in [7, 11) is 0. The van der Waals surface area contributed by atoms with E-state index in [9.17, 15) is 4.79 Å². The largest absolute Gasteiger partial charge is 0.478 e. The van der Waals surface area contributed by atoms with Gasteiger partial charge >= 0.3 is 0 Å². The van der Waals surface area contributed by atoms with Gasteiger partial charge in [-0.05, 0) is 45.1 Å². The van der Waals surface area contributed by atoms with E-state index < -0.39 is 5.60 Å². The SMILES string of the molecule is CCCOc1ccc(NC(=O)[C@](C)(OCC)C2CC2)cn1. The van der Waals surface area contributed by atoms with Crippen LogP contribution in [0.3, 0.4) is 0 Å². The van der Waals surface area contributed by atoms with Crippen molar-refractivity contribution in [2.24, 2.45) is 5.92 Å². The van der Waals surface area contributed by atoms with E-state index in [0.29, 0.717) is 30.7 Å². The van der Waals surface area contributed by atoms with Crippen molar-refractivity contribution in [3.63, 3.8) is 0 Å². The van der Waals surface area contributed by atoms with Crippen LogP contribution in [-0.4, -0.2) is 29.7 Å². The first-order valence-electron chi connectivity index (χ1n) is 7.64. The first-order valence-corrected chi connectivity index (χ1v) is 7.64. The molecule has 0 unspecified atom stereocenters. The minimum atomic E-state index is -0.744. The fraction of sp³-hybridized carbons (Fsp3) is 0.625. The van der Waals surface area contributed by atoms with Crippen molar-refractivity contribution in [1.29, 1.82) is 0 Å². The maximum atomic E-state index is 12.5. The molecule has 0 spiro atoms. The molecule has 0 saturated heterocycles. The van der Waals surface area contributed by atoms with Crippen molar-refractivity contribution < 1.29 is 14.3 Å². The average molecular weight is 292 g/mol. The lowest BCUT2D eigenvalue weighted by Gasteiger charge is -2.28. The summed E-state index contributed by atoms with van der Waals surface area (Å²) >= 11 is 0. The number of hydrogen-bond acceptors (Lipinski definition) is 4. The number of hydrogen-bond donors (Lipinski definition) is 1. The first-order chi connectivity index (χ1) is 10.1. The number of anilines is 1. The summed E-state index contributed by atoms with van der Waals surface area (Å²) in [4.78, 5) is 16.6. The molecular formula is C16H24N2O3. The maximum Gasteiger partial charge on any atom is 0.256 e. The number of carbonyl (C=O) groups excluding carboxylic acids is 1. The summed E-state index contributed by atoms with van der Waals surface area (Å²) in [5.74, 6) is 0.790. The second-order valence-corrected chi connectivity index (χ2v) is 5.50. The molecule has 1 aliphatic carbocycles. The number of aromatic nitrogens is 1. The molecule has 1 amide bonds. The van der Waals surface area contributed by atoms with Crippen LogP contribution < -0.4 is 10.1 Å². The third-order valence-electron chi connectivity index (χ3n) is 3.70. The van der Waals surface area contributed by atoms with Gasteiger partial charge in [0, 0.05) is 12.7 Å². The van der Waals surface area contributed by atoms with Gasteiger partial charge in [0.25, 0.3) is 5.91 Å². The van der Waals surface area contributed by atoms with Gasteiger partial charge in [-0.2, -0.15) is 0 Å². The summed E-state index contributed by atoms with van der Waals surface area (Å²) < 4.78 is 11.1.